The number of carboxylic acids is 1. The molecular weight excluding hydrogens is 315 g/mol. The summed E-state index contributed by atoms with van der Waals surface area (Å²) in [5, 5.41) is 14.3. The monoisotopic (exact) mass is 332 g/mol. The van der Waals surface area contributed by atoms with Crippen LogP contribution in [-0.4, -0.2) is 23.7 Å². The van der Waals surface area contributed by atoms with Gasteiger partial charge in [-0.25, -0.2) is 9.59 Å². The summed E-state index contributed by atoms with van der Waals surface area (Å²) in [6.45, 7) is 4.68. The molecule has 0 aliphatic carbocycles. The zero-order chi connectivity index (χ0) is 16.0. The SMILES string of the molecule is CCC(CC)CNC(=O)Nc1c(Cl)cc(C(=O)O)cc1Cl. The van der Waals surface area contributed by atoms with E-state index >= 15 is 0 Å². The summed E-state index contributed by atoms with van der Waals surface area (Å²) in [4.78, 5) is 22.7. The van der Waals surface area contributed by atoms with E-state index in [1.165, 1.54) is 12.1 Å². The second-order valence-corrected chi connectivity index (χ2v) is 5.45. The van der Waals surface area contributed by atoms with E-state index in [4.69, 9.17) is 28.3 Å². The Labute approximate surface area is 133 Å². The number of urea groups is 1. The van der Waals surface area contributed by atoms with E-state index in [2.05, 4.69) is 24.5 Å². The predicted octanol–water partition coefficient (Wildman–Crippen LogP) is 4.25. The molecule has 1 aromatic carbocycles. The Hall–Kier alpha value is -1.46. The Kier molecular flexibility index (Phi) is 6.78. The van der Waals surface area contributed by atoms with Crippen LogP contribution in [0, 0.1) is 5.92 Å². The summed E-state index contributed by atoms with van der Waals surface area (Å²) in [6, 6.07) is 2.06. The first kappa shape index (κ1) is 17.6. The second-order valence-electron chi connectivity index (χ2n) is 4.64. The van der Waals surface area contributed by atoms with E-state index < -0.39 is 12.0 Å². The average Bonchev–Trinajstić information content (AvgIpc) is 2.43. The van der Waals surface area contributed by atoms with Gasteiger partial charge < -0.3 is 15.7 Å². The number of anilines is 1. The third kappa shape index (κ3) is 5.10. The fourth-order valence-electron chi connectivity index (χ4n) is 1.79. The third-order valence-electron chi connectivity index (χ3n) is 3.23. The molecule has 0 fully saturated rings. The predicted molar refractivity (Wildman–Crippen MR) is 84.5 cm³/mol. The second kappa shape index (κ2) is 8.10. The van der Waals surface area contributed by atoms with Gasteiger partial charge in [0.2, 0.25) is 0 Å². The molecule has 1 aromatic rings. The minimum atomic E-state index is -1.14. The van der Waals surface area contributed by atoms with Gasteiger partial charge in [-0.2, -0.15) is 0 Å². The van der Waals surface area contributed by atoms with Gasteiger partial charge in [0.1, 0.15) is 0 Å². The van der Waals surface area contributed by atoms with Crippen LogP contribution in [0.1, 0.15) is 37.0 Å². The fraction of sp³-hybridized carbons (Fsp3) is 0.429. The van der Waals surface area contributed by atoms with Crippen molar-refractivity contribution in [2.24, 2.45) is 5.92 Å². The summed E-state index contributed by atoms with van der Waals surface area (Å²) < 4.78 is 0. The zero-order valence-corrected chi connectivity index (χ0v) is 13.4. The average molecular weight is 333 g/mol. The van der Waals surface area contributed by atoms with Crippen molar-refractivity contribution in [3.05, 3.63) is 27.7 Å². The third-order valence-corrected chi connectivity index (χ3v) is 3.83. The maximum absolute atomic E-state index is 11.8. The molecule has 1 rings (SSSR count). The lowest BCUT2D eigenvalue weighted by molar-refractivity contribution is 0.0697. The van der Waals surface area contributed by atoms with Crippen LogP contribution in [0.15, 0.2) is 12.1 Å². The lowest BCUT2D eigenvalue weighted by Gasteiger charge is -2.15. The van der Waals surface area contributed by atoms with Crippen molar-refractivity contribution in [2.75, 3.05) is 11.9 Å². The van der Waals surface area contributed by atoms with Crippen molar-refractivity contribution in [1.82, 2.24) is 5.32 Å². The topological polar surface area (TPSA) is 78.4 Å². The highest BCUT2D eigenvalue weighted by molar-refractivity contribution is 6.40. The van der Waals surface area contributed by atoms with E-state index in [1.807, 2.05) is 0 Å². The number of benzene rings is 1. The highest BCUT2D eigenvalue weighted by Gasteiger charge is 2.14. The molecule has 5 nitrogen and oxygen atoms in total. The number of amides is 2. The van der Waals surface area contributed by atoms with Crippen molar-refractivity contribution in [3.63, 3.8) is 0 Å². The van der Waals surface area contributed by atoms with Crippen molar-refractivity contribution in [3.8, 4) is 0 Å². The van der Waals surface area contributed by atoms with Crippen LogP contribution in [0.4, 0.5) is 10.5 Å². The first-order chi connectivity index (χ1) is 9.88. The molecule has 0 saturated heterocycles. The minimum absolute atomic E-state index is 0.0343. The highest BCUT2D eigenvalue weighted by Crippen LogP contribution is 2.31. The molecule has 21 heavy (non-hydrogen) atoms. The maximum Gasteiger partial charge on any atom is 0.335 e. The van der Waals surface area contributed by atoms with Gasteiger partial charge in [-0.1, -0.05) is 49.9 Å². The summed E-state index contributed by atoms with van der Waals surface area (Å²) >= 11 is 11.9. The first-order valence-corrected chi connectivity index (χ1v) is 7.41. The Balaban J connectivity index is 2.75. The lowest BCUT2D eigenvalue weighted by atomic mass is 10.0. The lowest BCUT2D eigenvalue weighted by Crippen LogP contribution is -2.33. The molecule has 0 spiro atoms. The van der Waals surface area contributed by atoms with Crippen LogP contribution in [0.25, 0.3) is 0 Å². The van der Waals surface area contributed by atoms with Crippen LogP contribution in [-0.2, 0) is 0 Å². The molecule has 2 amide bonds. The number of halogens is 2. The van der Waals surface area contributed by atoms with Gasteiger partial charge in [-0.3, -0.25) is 0 Å². The van der Waals surface area contributed by atoms with Gasteiger partial charge >= 0.3 is 12.0 Å². The molecule has 0 bridgehead atoms. The quantitative estimate of drug-likeness (QED) is 0.728. The Morgan fingerprint density at radius 1 is 1.19 bits per heavy atom. The van der Waals surface area contributed by atoms with Crippen LogP contribution < -0.4 is 10.6 Å². The maximum atomic E-state index is 11.8. The van der Waals surface area contributed by atoms with Gasteiger partial charge in [0.25, 0.3) is 0 Å². The van der Waals surface area contributed by atoms with Gasteiger partial charge in [-0.05, 0) is 18.1 Å². The van der Waals surface area contributed by atoms with Crippen molar-refractivity contribution < 1.29 is 14.7 Å². The van der Waals surface area contributed by atoms with Gasteiger partial charge in [0.05, 0.1) is 21.3 Å². The molecule has 0 saturated carbocycles. The largest absolute Gasteiger partial charge is 0.478 e. The minimum Gasteiger partial charge on any atom is -0.478 e. The molecule has 7 heteroatoms. The first-order valence-electron chi connectivity index (χ1n) is 6.66. The molecule has 0 aliphatic heterocycles. The summed E-state index contributed by atoms with van der Waals surface area (Å²) in [7, 11) is 0. The standard InChI is InChI=1S/C14H18Cl2N2O3/c1-3-8(4-2)7-17-14(21)18-12-10(15)5-9(13(19)20)6-11(12)16/h5-6,8H,3-4,7H2,1-2H3,(H,19,20)(H2,17,18,21). The molecule has 3 N–H and O–H groups in total. The van der Waals surface area contributed by atoms with E-state index in [9.17, 15) is 9.59 Å². The van der Waals surface area contributed by atoms with Crippen LogP contribution in [0.5, 0.6) is 0 Å². The fourth-order valence-corrected chi connectivity index (χ4v) is 2.37. The van der Waals surface area contributed by atoms with Gasteiger partial charge in [-0.15, -0.1) is 0 Å². The number of nitrogens with one attached hydrogen (secondary N) is 2. The Morgan fingerprint density at radius 2 is 1.71 bits per heavy atom. The van der Waals surface area contributed by atoms with Crippen LogP contribution >= 0.6 is 23.2 Å². The molecule has 0 aromatic heterocycles. The van der Waals surface area contributed by atoms with E-state index in [-0.39, 0.29) is 21.3 Å². The van der Waals surface area contributed by atoms with Gasteiger partial charge in [0.15, 0.2) is 0 Å². The number of hydrogen-bond donors (Lipinski definition) is 3. The Bertz CT molecular complexity index is 508. The summed E-state index contributed by atoms with van der Waals surface area (Å²) in [5.74, 6) is -0.723. The number of hydrogen-bond acceptors (Lipinski definition) is 2. The van der Waals surface area contributed by atoms with Crippen molar-refractivity contribution in [2.45, 2.75) is 26.7 Å². The summed E-state index contributed by atoms with van der Waals surface area (Å²) in [5.41, 5.74) is 0.165. The van der Waals surface area contributed by atoms with E-state index in [0.29, 0.717) is 12.5 Å². The van der Waals surface area contributed by atoms with E-state index in [0.717, 1.165) is 12.8 Å². The van der Waals surface area contributed by atoms with Crippen LogP contribution in [0.3, 0.4) is 0 Å². The number of carboxylic acid groups (broad SMARTS) is 1. The Morgan fingerprint density at radius 3 is 2.14 bits per heavy atom. The summed E-state index contributed by atoms with van der Waals surface area (Å²) in [6.07, 6.45) is 1.96. The molecule has 0 atom stereocenters. The van der Waals surface area contributed by atoms with E-state index in [1.54, 1.807) is 0 Å². The molecular formula is C14H18Cl2N2O3. The molecule has 0 radical (unpaired) electrons. The molecule has 0 aliphatic rings. The van der Waals surface area contributed by atoms with Crippen LogP contribution in [0.2, 0.25) is 10.0 Å². The normalized spacial score (nSPS) is 10.5. The number of carbonyl (C=O) groups is 2. The zero-order valence-electron chi connectivity index (χ0n) is 11.9. The van der Waals surface area contributed by atoms with Gasteiger partial charge in [0, 0.05) is 6.54 Å². The molecule has 0 heterocycles. The number of aromatic carboxylic acids is 1. The van der Waals surface area contributed by atoms with Crippen molar-refractivity contribution in [1.29, 1.82) is 0 Å². The molecule has 116 valence electrons. The highest BCUT2D eigenvalue weighted by atomic mass is 35.5. The van der Waals surface area contributed by atoms with Crippen molar-refractivity contribution >= 4 is 40.9 Å². The smallest absolute Gasteiger partial charge is 0.335 e. The number of carbonyl (C=O) groups excluding carboxylic acids is 1. The molecule has 0 unspecified atom stereocenters. The number of rotatable bonds is 6.